The Kier molecular flexibility index (Phi) is 6.01. The van der Waals surface area contributed by atoms with Gasteiger partial charge in [-0.1, -0.05) is 48.5 Å². The Bertz CT molecular complexity index is 1740. The number of hydrogen-bond donors (Lipinski definition) is 0. The highest BCUT2D eigenvalue weighted by Gasteiger charge is 2.63. The van der Waals surface area contributed by atoms with Crippen LogP contribution in [-0.4, -0.2) is 45.0 Å². The second kappa shape index (κ2) is 9.80. The standard InChI is InChI=1S/C33H22FN3O6/c34-20-13-9-18(10-14-20)26(38)17-35(31(39)19-11-15-21(16-12-19)37(42)43)36-32(40)29-27-22-5-1-2-6-23(22)28(30(29)33(36)41)25-8-4-3-7-24(25)27/h1-16,27-30H,17H2/t27?,28?,29-,30-/m1/s1. The lowest BCUT2D eigenvalue weighted by atomic mass is 9.55. The first kappa shape index (κ1) is 26.4. The van der Waals surface area contributed by atoms with Gasteiger partial charge in [0.2, 0.25) is 0 Å². The molecule has 2 bridgehead atoms. The van der Waals surface area contributed by atoms with Crippen molar-refractivity contribution >= 4 is 29.2 Å². The molecule has 9 nitrogen and oxygen atoms in total. The fourth-order valence-corrected chi connectivity index (χ4v) is 6.87. The van der Waals surface area contributed by atoms with E-state index in [0.717, 1.165) is 56.5 Å². The molecule has 3 aliphatic carbocycles. The zero-order chi connectivity index (χ0) is 30.0. The van der Waals surface area contributed by atoms with E-state index in [1.165, 1.54) is 24.3 Å². The molecule has 0 saturated carbocycles. The SMILES string of the molecule is O=C(CN(C(=O)c1ccc([N+](=O)[O-])cc1)N1C(=O)[C@@H]2C3c4ccccc4C(c4ccccc43)[C@H]2C1=O)c1ccc(F)cc1. The molecule has 0 spiro atoms. The maximum atomic E-state index is 14.3. The highest BCUT2D eigenvalue weighted by atomic mass is 19.1. The average molecular weight is 576 g/mol. The van der Waals surface area contributed by atoms with E-state index >= 15 is 0 Å². The number of carbonyl (C=O) groups excluding carboxylic acids is 4. The molecule has 1 aliphatic heterocycles. The summed E-state index contributed by atoms with van der Waals surface area (Å²) in [4.78, 5) is 66.5. The maximum absolute atomic E-state index is 14.3. The molecule has 43 heavy (non-hydrogen) atoms. The Morgan fingerprint density at radius 3 is 1.60 bits per heavy atom. The summed E-state index contributed by atoms with van der Waals surface area (Å²) in [6, 6.07) is 24.8. The molecule has 3 amide bonds. The molecule has 2 atom stereocenters. The summed E-state index contributed by atoms with van der Waals surface area (Å²) in [6.07, 6.45) is 0. The first-order chi connectivity index (χ1) is 20.8. The molecule has 8 rings (SSSR count). The predicted octanol–water partition coefficient (Wildman–Crippen LogP) is 4.87. The third kappa shape index (κ3) is 3.98. The minimum absolute atomic E-state index is 0.0532. The van der Waals surface area contributed by atoms with Crippen LogP contribution in [-0.2, 0) is 9.59 Å². The number of non-ortho nitro benzene ring substituents is 1. The molecule has 0 aromatic heterocycles. The zero-order valence-corrected chi connectivity index (χ0v) is 22.4. The van der Waals surface area contributed by atoms with Crippen LogP contribution in [0.3, 0.4) is 0 Å². The van der Waals surface area contributed by atoms with Crippen molar-refractivity contribution in [2.45, 2.75) is 11.8 Å². The molecule has 0 radical (unpaired) electrons. The number of benzene rings is 4. The number of amides is 3. The fourth-order valence-electron chi connectivity index (χ4n) is 6.87. The van der Waals surface area contributed by atoms with Gasteiger partial charge in [0.15, 0.2) is 5.78 Å². The van der Waals surface area contributed by atoms with E-state index in [-0.39, 0.29) is 16.8 Å². The first-order valence-electron chi connectivity index (χ1n) is 13.7. The quantitative estimate of drug-likeness (QED) is 0.140. The van der Waals surface area contributed by atoms with Crippen LogP contribution in [0, 0.1) is 27.8 Å². The molecule has 1 fully saturated rings. The van der Waals surface area contributed by atoms with Crippen LogP contribution in [0.1, 0.15) is 54.8 Å². The van der Waals surface area contributed by atoms with Crippen molar-refractivity contribution in [2.24, 2.45) is 11.8 Å². The van der Waals surface area contributed by atoms with Gasteiger partial charge >= 0.3 is 0 Å². The van der Waals surface area contributed by atoms with Gasteiger partial charge in [-0.05, 0) is 58.7 Å². The summed E-state index contributed by atoms with van der Waals surface area (Å²) in [5, 5.41) is 12.8. The summed E-state index contributed by atoms with van der Waals surface area (Å²) < 4.78 is 13.6. The van der Waals surface area contributed by atoms with Crippen LogP contribution in [0.2, 0.25) is 0 Å². The number of carbonyl (C=O) groups is 4. The van der Waals surface area contributed by atoms with Crippen LogP contribution in [0.4, 0.5) is 10.1 Å². The van der Waals surface area contributed by atoms with Gasteiger partial charge in [0, 0.05) is 35.1 Å². The van der Waals surface area contributed by atoms with Crippen molar-refractivity contribution in [1.29, 1.82) is 0 Å². The second-order valence-electron chi connectivity index (χ2n) is 10.8. The molecule has 0 N–H and O–H groups in total. The molecular formula is C33H22FN3O6. The zero-order valence-electron chi connectivity index (χ0n) is 22.4. The van der Waals surface area contributed by atoms with Crippen molar-refractivity contribution in [3.05, 3.63) is 146 Å². The fraction of sp³-hybridized carbons (Fsp3) is 0.152. The molecule has 4 aromatic carbocycles. The number of hydrazine groups is 1. The number of ketones is 1. The normalized spacial score (nSPS) is 21.2. The van der Waals surface area contributed by atoms with Gasteiger partial charge in [-0.3, -0.25) is 29.3 Å². The van der Waals surface area contributed by atoms with Gasteiger partial charge in [-0.15, -0.1) is 0 Å². The lowest BCUT2D eigenvalue weighted by Crippen LogP contribution is -2.52. The van der Waals surface area contributed by atoms with Crippen LogP contribution < -0.4 is 0 Å². The Labute approximate surface area is 244 Å². The van der Waals surface area contributed by atoms with E-state index in [1.54, 1.807) is 0 Å². The van der Waals surface area contributed by atoms with Crippen molar-refractivity contribution in [3.63, 3.8) is 0 Å². The van der Waals surface area contributed by atoms with E-state index in [2.05, 4.69) is 0 Å². The summed E-state index contributed by atoms with van der Waals surface area (Å²) >= 11 is 0. The van der Waals surface area contributed by atoms with E-state index in [4.69, 9.17) is 0 Å². The monoisotopic (exact) mass is 575 g/mol. The number of imide groups is 1. The van der Waals surface area contributed by atoms with Gasteiger partial charge in [0.05, 0.1) is 16.8 Å². The van der Waals surface area contributed by atoms with E-state index in [1.807, 2.05) is 48.5 Å². The van der Waals surface area contributed by atoms with Gasteiger partial charge in [-0.25, -0.2) is 9.40 Å². The number of nitrogens with zero attached hydrogens (tertiary/aromatic N) is 3. The average Bonchev–Trinajstić information content (AvgIpc) is 3.29. The minimum Gasteiger partial charge on any atom is -0.292 e. The molecule has 212 valence electrons. The number of halogens is 1. The molecule has 4 aromatic rings. The maximum Gasteiger partial charge on any atom is 0.273 e. The van der Waals surface area contributed by atoms with Crippen LogP contribution in [0.15, 0.2) is 97.1 Å². The summed E-state index contributed by atoms with van der Waals surface area (Å²) in [7, 11) is 0. The highest BCUT2D eigenvalue weighted by Crippen LogP contribution is 2.61. The third-order valence-electron chi connectivity index (χ3n) is 8.69. The molecular weight excluding hydrogens is 553 g/mol. The number of Topliss-reactive ketones (excluding diaryl/α,β-unsaturated/α-hetero) is 1. The predicted molar refractivity (Wildman–Crippen MR) is 150 cm³/mol. The molecule has 10 heteroatoms. The van der Waals surface area contributed by atoms with Crippen molar-refractivity contribution in [1.82, 2.24) is 10.0 Å². The Morgan fingerprint density at radius 2 is 1.16 bits per heavy atom. The van der Waals surface area contributed by atoms with Crippen LogP contribution in [0.5, 0.6) is 0 Å². The van der Waals surface area contributed by atoms with Crippen molar-refractivity contribution in [3.8, 4) is 0 Å². The largest absolute Gasteiger partial charge is 0.292 e. The van der Waals surface area contributed by atoms with Crippen LogP contribution >= 0.6 is 0 Å². The highest BCUT2D eigenvalue weighted by molar-refractivity contribution is 6.11. The third-order valence-corrected chi connectivity index (χ3v) is 8.69. The van der Waals surface area contributed by atoms with Crippen LogP contribution in [0.25, 0.3) is 0 Å². The van der Waals surface area contributed by atoms with E-state index in [9.17, 15) is 33.7 Å². The Morgan fingerprint density at radius 1 is 0.721 bits per heavy atom. The smallest absolute Gasteiger partial charge is 0.273 e. The molecule has 1 saturated heterocycles. The minimum atomic E-state index is -0.854. The first-order valence-corrected chi connectivity index (χ1v) is 13.7. The summed E-state index contributed by atoms with van der Waals surface area (Å²) in [5.74, 6) is -5.67. The number of hydrogen-bond acceptors (Lipinski definition) is 6. The lowest BCUT2D eigenvalue weighted by Gasteiger charge is -2.45. The summed E-state index contributed by atoms with van der Waals surface area (Å²) in [5.41, 5.74) is 3.58. The Balaban J connectivity index is 1.32. The lowest BCUT2D eigenvalue weighted by molar-refractivity contribution is -0.384. The van der Waals surface area contributed by atoms with Crippen molar-refractivity contribution < 1.29 is 28.5 Å². The second-order valence-corrected chi connectivity index (χ2v) is 10.8. The van der Waals surface area contributed by atoms with Gasteiger partial charge in [-0.2, -0.15) is 5.01 Å². The Hall–Kier alpha value is -5.51. The van der Waals surface area contributed by atoms with Gasteiger partial charge in [0.1, 0.15) is 12.4 Å². The van der Waals surface area contributed by atoms with E-state index < -0.39 is 64.5 Å². The summed E-state index contributed by atoms with van der Waals surface area (Å²) in [6.45, 7) is -0.687. The van der Waals surface area contributed by atoms with E-state index in [0.29, 0.717) is 0 Å². The van der Waals surface area contributed by atoms with Crippen molar-refractivity contribution in [2.75, 3.05) is 6.54 Å². The molecule has 4 aliphatic rings. The topological polar surface area (TPSA) is 118 Å². The molecule has 0 unspecified atom stereocenters. The number of rotatable bonds is 6. The number of nitro benzene ring substituents is 1. The molecule has 1 heterocycles. The van der Waals surface area contributed by atoms with Gasteiger partial charge in [0.25, 0.3) is 23.4 Å². The number of nitro groups is 1. The van der Waals surface area contributed by atoms with Gasteiger partial charge < -0.3 is 0 Å².